The van der Waals surface area contributed by atoms with Gasteiger partial charge in [0.05, 0.1) is 49.9 Å². The van der Waals surface area contributed by atoms with Crippen molar-refractivity contribution < 1.29 is 27.9 Å². The number of hydrogen-bond donors (Lipinski definition) is 0. The lowest BCUT2D eigenvalue weighted by Gasteiger charge is -2.40. The summed E-state index contributed by atoms with van der Waals surface area (Å²) in [5, 5.41) is 0.202. The molecule has 27 rings (SSSR count). The second kappa shape index (κ2) is 36.6. The van der Waals surface area contributed by atoms with Gasteiger partial charge < -0.3 is 27.9 Å². The van der Waals surface area contributed by atoms with E-state index in [9.17, 15) is 0 Å². The summed E-state index contributed by atoms with van der Waals surface area (Å²) in [5.41, 5.74) is 26.6. The van der Waals surface area contributed by atoms with Gasteiger partial charge in [-0.15, -0.1) is 0 Å². The van der Waals surface area contributed by atoms with Crippen molar-refractivity contribution >= 4 is 89.4 Å². The summed E-state index contributed by atoms with van der Waals surface area (Å²) in [4.78, 5) is 35.7. The number of hydrogen-bond acceptors (Lipinski definition) is 15. The van der Waals surface area contributed by atoms with Crippen LogP contribution >= 0.6 is 62.8 Å². The minimum atomic E-state index is -0.476. The van der Waals surface area contributed by atoms with Crippen molar-refractivity contribution in [3.63, 3.8) is 0 Å². The van der Waals surface area contributed by atoms with Crippen molar-refractivity contribution in [1.29, 1.82) is 0 Å². The first-order chi connectivity index (χ1) is 69.1. The van der Waals surface area contributed by atoms with Crippen LogP contribution in [0.25, 0.3) is 90.3 Å². The Hall–Kier alpha value is -12.7. The van der Waals surface area contributed by atoms with Crippen LogP contribution in [-0.2, 0) is 44.2 Å². The number of fused-ring (bicyclic) bond motifs is 27. The Morgan fingerprint density at radius 2 is 0.448 bits per heavy atom. The minimum Gasteiger partial charge on any atom is -0.405 e. The second-order valence-electron chi connectivity index (χ2n) is 40.3. The zero-order valence-electron chi connectivity index (χ0n) is 81.4. The second-order valence-corrected chi connectivity index (χ2v) is 44.8. The third kappa shape index (κ3) is 16.0. The van der Waals surface area contributed by atoms with E-state index in [-0.39, 0.29) is 49.7 Å². The molecule has 3 saturated heterocycles. The first-order valence-corrected chi connectivity index (χ1v) is 52.2. The summed E-state index contributed by atoms with van der Waals surface area (Å²) < 4.78 is 37.9. The van der Waals surface area contributed by atoms with E-state index >= 15 is 0 Å². The van der Waals surface area contributed by atoms with E-state index in [1.165, 1.54) is 130 Å². The molecule has 0 N–H and O–H groups in total. The van der Waals surface area contributed by atoms with Crippen molar-refractivity contribution in [3.05, 3.63) is 471 Å². The lowest BCUT2D eigenvalue weighted by atomic mass is 9.49. The smallest absolute Gasteiger partial charge is 0.405 e. The third-order valence-electron chi connectivity index (χ3n) is 30.4. The first kappa shape index (κ1) is 93.9. The first-order valence-electron chi connectivity index (χ1n) is 48.6. The molecule has 3 fully saturated rings. The number of benzene rings is 16. The molecule has 700 valence electrons. The van der Waals surface area contributed by atoms with E-state index in [1.807, 2.05) is 188 Å². The number of aromatic nitrogens is 6. The lowest BCUT2D eigenvalue weighted by molar-refractivity contribution is 0.00578. The predicted molar refractivity (Wildman–Crippen MR) is 585 cm³/mol. The van der Waals surface area contributed by atoms with Crippen molar-refractivity contribution in [2.75, 3.05) is 0 Å². The van der Waals surface area contributed by atoms with Crippen LogP contribution in [0.15, 0.2) is 428 Å². The van der Waals surface area contributed by atoms with Gasteiger partial charge in [0.25, 0.3) is 0 Å². The van der Waals surface area contributed by atoms with Crippen LogP contribution in [0.1, 0.15) is 150 Å². The van der Waals surface area contributed by atoms with Gasteiger partial charge in [-0.1, -0.05) is 391 Å². The van der Waals surface area contributed by atoms with Gasteiger partial charge >= 0.3 is 21.1 Å². The molecule has 9 aliphatic rings. The van der Waals surface area contributed by atoms with Crippen LogP contribution in [0.4, 0.5) is 0 Å². The maximum absolute atomic E-state index is 6.47. The largest absolute Gasteiger partial charge is 0.494 e. The molecule has 0 saturated carbocycles. The van der Waals surface area contributed by atoms with Crippen LogP contribution in [0, 0.1) is 0 Å². The molecule has 18 aromatic rings. The molecule has 20 heteroatoms. The van der Waals surface area contributed by atoms with Gasteiger partial charge in [-0.05, 0) is 255 Å². The van der Waals surface area contributed by atoms with E-state index in [4.69, 9.17) is 54.5 Å². The van der Waals surface area contributed by atoms with Crippen LogP contribution < -0.4 is 5.46 Å². The predicted octanol–water partition coefficient (Wildman–Crippen LogP) is 29.9. The summed E-state index contributed by atoms with van der Waals surface area (Å²) in [6, 6.07) is 140. The monoisotopic (exact) mass is 2000 g/mol. The van der Waals surface area contributed by atoms with E-state index in [0.29, 0.717) is 29.1 Å². The molecule has 3 spiro atoms. The van der Waals surface area contributed by atoms with Crippen LogP contribution in [0.2, 0.25) is 5.28 Å². The van der Waals surface area contributed by atoms with E-state index in [2.05, 4.69) is 356 Å². The van der Waals surface area contributed by atoms with Gasteiger partial charge in [-0.3, -0.25) is 0 Å². The molecule has 0 unspecified atom stereocenters. The highest BCUT2D eigenvalue weighted by Crippen LogP contribution is 2.67. The molecule has 0 amide bonds. The van der Waals surface area contributed by atoms with Crippen molar-refractivity contribution in [2.45, 2.75) is 162 Å². The van der Waals surface area contributed by atoms with Crippen LogP contribution in [0.3, 0.4) is 0 Å². The fraction of sp³-hybridized carbons (Fsp3) is 0.171. The Kier molecular flexibility index (Phi) is 24.0. The van der Waals surface area contributed by atoms with Gasteiger partial charge in [0.15, 0.2) is 29.1 Å². The highest BCUT2D eigenvalue weighted by Gasteiger charge is 2.64. The summed E-state index contributed by atoms with van der Waals surface area (Å²) in [5.74, 6) is 3.16. The maximum Gasteiger partial charge on any atom is 0.494 e. The van der Waals surface area contributed by atoms with Crippen LogP contribution in [0.5, 0.6) is 0 Å². The maximum atomic E-state index is 6.47. The SMILES string of the molecule is Brc1ccc2c(c1)C1(c3ccccc3S2)c2ccccc2-c2ccccc21.CC1(C)OB(B2OC(C)(C)C(C)(C)O2)OC1(C)C.CC1(C)OB(c2ccc3c(c2)C2(c4ccccc4S3)c3ccccc3-c3ccccc32)OC1(C)C.Clc1nc(-c2ccccc2)nc(-c2ccccc2)n1.c1ccc(-c2nc(-c3ccccc3)nc(-c3ccc4c(c3)C3(c5ccccc5S4)c4ccccc4-c4ccccc43)n2)cc1. The third-order valence-corrected chi connectivity index (χ3v) is 34.6. The molecule has 3 aliphatic carbocycles. The summed E-state index contributed by atoms with van der Waals surface area (Å²) in [7, 11) is -1.34. The summed E-state index contributed by atoms with van der Waals surface area (Å²) in [6.45, 7) is 24.7. The fourth-order valence-corrected chi connectivity index (χ4v) is 25.6. The number of nitrogens with zero attached hydrogens (tertiary/aromatic N) is 6. The zero-order valence-corrected chi connectivity index (χ0v) is 86.2. The van der Waals surface area contributed by atoms with Gasteiger partial charge in [0.1, 0.15) is 0 Å². The highest BCUT2D eigenvalue weighted by molar-refractivity contribution is 9.10. The number of rotatable bonds is 7. The van der Waals surface area contributed by atoms with E-state index in [1.54, 1.807) is 0 Å². The molecule has 143 heavy (non-hydrogen) atoms. The Labute approximate surface area is 863 Å². The van der Waals surface area contributed by atoms with E-state index in [0.717, 1.165) is 37.8 Å². The molecule has 6 aliphatic heterocycles. The molecule has 0 bridgehead atoms. The molecule has 12 nitrogen and oxygen atoms in total. The Morgan fingerprint density at radius 3 is 0.762 bits per heavy atom. The van der Waals surface area contributed by atoms with Crippen LogP contribution in [-0.4, -0.2) is 84.6 Å². The average Bonchev–Trinajstić information content (AvgIpc) is 1.51. The van der Waals surface area contributed by atoms with Gasteiger partial charge in [0.2, 0.25) is 5.28 Å². The van der Waals surface area contributed by atoms with Crippen molar-refractivity contribution in [1.82, 2.24) is 29.9 Å². The Balaban J connectivity index is 0.000000103. The molecule has 2 aromatic heterocycles. The van der Waals surface area contributed by atoms with Gasteiger partial charge in [-0.25, -0.2) is 19.9 Å². The topological polar surface area (TPSA) is 133 Å². The van der Waals surface area contributed by atoms with Gasteiger partial charge in [-0.2, -0.15) is 9.97 Å². The summed E-state index contributed by atoms with van der Waals surface area (Å²) >= 11 is 15.3. The highest BCUT2D eigenvalue weighted by atomic mass is 79.9. The Morgan fingerprint density at radius 1 is 0.217 bits per heavy atom. The quantitative estimate of drug-likeness (QED) is 0.140. The van der Waals surface area contributed by atoms with Gasteiger partial charge in [0, 0.05) is 61.7 Å². The molecule has 16 aromatic carbocycles. The lowest BCUT2D eigenvalue weighted by Crippen LogP contribution is -2.41. The van der Waals surface area contributed by atoms with E-state index < -0.39 is 26.6 Å². The fourth-order valence-electron chi connectivity index (χ4n) is 21.5. The molecule has 0 radical (unpaired) electrons. The normalized spacial score (nSPS) is 17.2. The summed E-state index contributed by atoms with van der Waals surface area (Å²) in [6.07, 6.45) is 0. The molecule has 0 atom stereocenters. The molecular weight excluding hydrogens is 1900 g/mol. The number of halogens is 2. The standard InChI is InChI=1S/C40H25N3S.C31H27BO2S.C25H15BrS.C15H10ClN3.C12H24B2O4/c1-3-13-26(14-4-1)37-41-38(27-15-5-2-6-16-27)43-39(42-37)28-23-24-36-34(25-28)40(33-21-11-12-22-35(33)44-36)31-19-9-7-17-29(31)30-18-8-10-20-32(30)40;1-29(2)30(3,4)34-32(33-29)20-17-18-28-26(19-20)31(25-15-9-10-16-27(25)35-28)23-13-7-5-11-21(23)22-12-6-8-14-24(22)31;26-16-13-14-24-22(15-16)25(21-11-5-6-12-23(21)27-24)19-9-3-1-7-17(19)18-8-2-4-10-20(18)25;16-15-18-13(11-7-3-1-4-8-11)17-14(19-15)12-9-5-2-6-10-12;1-9(2)10(3,4)16-13(15-9)14-17-11(5,6)12(7,8)18-14/h1-25H;5-19H,1-4H3;1-15H;1-10H;1-8H3. The zero-order chi connectivity index (χ0) is 98.2. The van der Waals surface area contributed by atoms with Crippen molar-refractivity contribution in [3.8, 4) is 90.3 Å². The van der Waals surface area contributed by atoms with Crippen molar-refractivity contribution in [2.24, 2.45) is 0 Å². The average molecular weight is 2000 g/mol. The molecular formula is C123H101B3BrClN6O6S3. The minimum absolute atomic E-state index is 0.202. The Bertz CT molecular complexity index is 7690. The molecule has 8 heterocycles.